The lowest BCUT2D eigenvalue weighted by atomic mass is 10.1. The van der Waals surface area contributed by atoms with Crippen molar-refractivity contribution in [3.05, 3.63) is 70.7 Å². The lowest BCUT2D eigenvalue weighted by Crippen LogP contribution is -2.34. The lowest BCUT2D eigenvalue weighted by molar-refractivity contribution is -0.146. The van der Waals surface area contributed by atoms with Gasteiger partial charge >= 0.3 is 5.97 Å². The predicted molar refractivity (Wildman–Crippen MR) is 79.4 cm³/mol. The molecule has 20 heavy (non-hydrogen) atoms. The van der Waals surface area contributed by atoms with Crippen LogP contribution in [0.1, 0.15) is 11.1 Å². The van der Waals surface area contributed by atoms with Crippen molar-refractivity contribution in [2.45, 2.75) is 19.1 Å². The summed E-state index contributed by atoms with van der Waals surface area (Å²) in [4.78, 5) is 11.8. The Hall–Kier alpha value is -1.84. The monoisotopic (exact) mass is 289 g/mol. The van der Waals surface area contributed by atoms with E-state index in [0.29, 0.717) is 11.4 Å². The number of esters is 1. The molecule has 0 aliphatic heterocycles. The molecule has 2 rings (SSSR count). The zero-order chi connectivity index (χ0) is 14.4. The van der Waals surface area contributed by atoms with Crippen LogP contribution >= 0.6 is 11.6 Å². The lowest BCUT2D eigenvalue weighted by Gasteiger charge is -2.12. The Morgan fingerprint density at radius 3 is 2.45 bits per heavy atom. The average molecular weight is 290 g/mol. The van der Waals surface area contributed by atoms with Crippen LogP contribution in [0.3, 0.4) is 0 Å². The molecule has 0 aromatic heterocycles. The highest BCUT2D eigenvalue weighted by Gasteiger charge is 2.16. The van der Waals surface area contributed by atoms with Crippen LogP contribution in [-0.4, -0.2) is 12.0 Å². The topological polar surface area (TPSA) is 52.3 Å². The van der Waals surface area contributed by atoms with Crippen LogP contribution < -0.4 is 5.73 Å². The predicted octanol–water partition coefficient (Wildman–Crippen LogP) is 2.95. The minimum atomic E-state index is -0.710. The molecule has 0 saturated heterocycles. The molecule has 1 unspecified atom stereocenters. The molecule has 1 atom stereocenters. The van der Waals surface area contributed by atoms with E-state index in [4.69, 9.17) is 22.1 Å². The number of hydrogen-bond donors (Lipinski definition) is 1. The van der Waals surface area contributed by atoms with Crippen molar-refractivity contribution in [1.82, 2.24) is 0 Å². The molecule has 4 heteroatoms. The number of ether oxygens (including phenoxy) is 1. The van der Waals surface area contributed by atoms with E-state index in [1.54, 1.807) is 6.07 Å². The number of hydrogen-bond acceptors (Lipinski definition) is 3. The summed E-state index contributed by atoms with van der Waals surface area (Å²) in [5.41, 5.74) is 7.63. The molecule has 0 heterocycles. The van der Waals surface area contributed by atoms with Crippen molar-refractivity contribution in [1.29, 1.82) is 0 Å². The first-order valence-corrected chi connectivity index (χ1v) is 6.74. The molecule has 0 amide bonds. The Kier molecular flexibility index (Phi) is 5.16. The second-order valence-corrected chi connectivity index (χ2v) is 4.90. The first kappa shape index (κ1) is 14.6. The Labute approximate surface area is 123 Å². The molecular weight excluding hydrogens is 274 g/mol. The number of carbonyl (C=O) groups excluding carboxylic acids is 1. The molecule has 2 aromatic carbocycles. The molecule has 0 bridgehead atoms. The fourth-order valence-corrected chi connectivity index (χ4v) is 2.03. The number of benzene rings is 2. The van der Waals surface area contributed by atoms with Gasteiger partial charge < -0.3 is 10.5 Å². The van der Waals surface area contributed by atoms with Crippen LogP contribution in [0, 0.1) is 0 Å². The maximum atomic E-state index is 11.8. The van der Waals surface area contributed by atoms with E-state index in [1.165, 1.54) is 0 Å². The summed E-state index contributed by atoms with van der Waals surface area (Å²) in [5.74, 6) is -0.422. The summed E-state index contributed by atoms with van der Waals surface area (Å²) in [7, 11) is 0. The molecule has 0 saturated carbocycles. The maximum absolute atomic E-state index is 11.8. The second-order valence-electron chi connectivity index (χ2n) is 4.50. The van der Waals surface area contributed by atoms with Crippen LogP contribution in [0.4, 0.5) is 0 Å². The first-order valence-electron chi connectivity index (χ1n) is 6.36. The van der Waals surface area contributed by atoms with Crippen LogP contribution in [-0.2, 0) is 22.6 Å². The van der Waals surface area contributed by atoms with E-state index >= 15 is 0 Å². The molecule has 3 nitrogen and oxygen atoms in total. The van der Waals surface area contributed by atoms with E-state index in [2.05, 4.69) is 0 Å². The smallest absolute Gasteiger partial charge is 0.323 e. The van der Waals surface area contributed by atoms with Crippen LogP contribution in [0.25, 0.3) is 0 Å². The van der Waals surface area contributed by atoms with Gasteiger partial charge in [0.25, 0.3) is 0 Å². The third-order valence-corrected chi connectivity index (χ3v) is 3.29. The van der Waals surface area contributed by atoms with Gasteiger partial charge in [0, 0.05) is 5.02 Å². The van der Waals surface area contributed by atoms with Crippen LogP contribution in [0.5, 0.6) is 0 Å². The Bertz CT molecular complexity index is 572. The standard InChI is InChI=1S/C16H16ClNO2/c17-14-9-5-4-8-13(14)10-15(18)16(19)20-11-12-6-2-1-3-7-12/h1-9,15H,10-11,18H2. The highest BCUT2D eigenvalue weighted by Crippen LogP contribution is 2.16. The largest absolute Gasteiger partial charge is 0.460 e. The SMILES string of the molecule is NC(Cc1ccccc1Cl)C(=O)OCc1ccccc1. The van der Waals surface area contributed by atoms with E-state index < -0.39 is 12.0 Å². The maximum Gasteiger partial charge on any atom is 0.323 e. The van der Waals surface area contributed by atoms with Crippen molar-refractivity contribution >= 4 is 17.6 Å². The van der Waals surface area contributed by atoms with Gasteiger partial charge in [-0.25, -0.2) is 0 Å². The number of nitrogens with two attached hydrogens (primary N) is 1. The molecule has 2 aromatic rings. The van der Waals surface area contributed by atoms with Crippen molar-refractivity contribution < 1.29 is 9.53 Å². The van der Waals surface area contributed by atoms with Crippen LogP contribution in [0.2, 0.25) is 5.02 Å². The Morgan fingerprint density at radius 1 is 1.10 bits per heavy atom. The second kappa shape index (κ2) is 7.08. The molecule has 2 N–H and O–H groups in total. The van der Waals surface area contributed by atoms with Gasteiger partial charge in [-0.2, -0.15) is 0 Å². The van der Waals surface area contributed by atoms with Gasteiger partial charge in [-0.1, -0.05) is 60.1 Å². The van der Waals surface area contributed by atoms with E-state index in [0.717, 1.165) is 11.1 Å². The summed E-state index contributed by atoms with van der Waals surface area (Å²) in [6.07, 6.45) is 0.368. The number of halogens is 1. The van der Waals surface area contributed by atoms with E-state index in [1.807, 2.05) is 48.5 Å². The normalized spacial score (nSPS) is 11.9. The first-order chi connectivity index (χ1) is 9.66. The zero-order valence-electron chi connectivity index (χ0n) is 11.0. The molecule has 0 aliphatic carbocycles. The molecular formula is C16H16ClNO2. The molecule has 0 radical (unpaired) electrons. The molecule has 104 valence electrons. The quantitative estimate of drug-likeness (QED) is 0.861. The minimum absolute atomic E-state index is 0.232. The highest BCUT2D eigenvalue weighted by atomic mass is 35.5. The Balaban J connectivity index is 1.88. The minimum Gasteiger partial charge on any atom is -0.460 e. The Morgan fingerprint density at radius 2 is 1.75 bits per heavy atom. The van der Waals surface area contributed by atoms with Crippen LogP contribution in [0.15, 0.2) is 54.6 Å². The van der Waals surface area contributed by atoms with Gasteiger partial charge in [-0.3, -0.25) is 4.79 Å². The number of rotatable bonds is 5. The fourth-order valence-electron chi connectivity index (χ4n) is 1.82. The molecule has 0 spiro atoms. The third-order valence-electron chi connectivity index (χ3n) is 2.92. The zero-order valence-corrected chi connectivity index (χ0v) is 11.7. The fraction of sp³-hybridized carbons (Fsp3) is 0.188. The summed E-state index contributed by atoms with van der Waals surface area (Å²) in [6, 6.07) is 16.1. The highest BCUT2D eigenvalue weighted by molar-refractivity contribution is 6.31. The van der Waals surface area contributed by atoms with Gasteiger partial charge in [0.2, 0.25) is 0 Å². The van der Waals surface area contributed by atoms with Crippen molar-refractivity contribution in [2.75, 3.05) is 0 Å². The summed E-state index contributed by atoms with van der Waals surface area (Å²) in [6.45, 7) is 0.232. The van der Waals surface area contributed by atoms with E-state index in [-0.39, 0.29) is 6.61 Å². The number of carbonyl (C=O) groups is 1. The molecule has 0 aliphatic rings. The van der Waals surface area contributed by atoms with E-state index in [9.17, 15) is 4.79 Å². The summed E-state index contributed by atoms with van der Waals surface area (Å²) in [5, 5.41) is 0.610. The third kappa shape index (κ3) is 4.08. The average Bonchev–Trinajstić information content (AvgIpc) is 2.48. The van der Waals surface area contributed by atoms with Gasteiger partial charge in [-0.05, 0) is 23.6 Å². The van der Waals surface area contributed by atoms with Gasteiger partial charge in [0.05, 0.1) is 0 Å². The summed E-state index contributed by atoms with van der Waals surface area (Å²) < 4.78 is 5.19. The van der Waals surface area contributed by atoms with Crippen molar-refractivity contribution in [2.24, 2.45) is 5.73 Å². The van der Waals surface area contributed by atoms with Crippen molar-refractivity contribution in [3.63, 3.8) is 0 Å². The molecule has 0 fully saturated rings. The van der Waals surface area contributed by atoms with Gasteiger partial charge in [0.1, 0.15) is 12.6 Å². The van der Waals surface area contributed by atoms with Gasteiger partial charge in [-0.15, -0.1) is 0 Å². The summed E-state index contributed by atoms with van der Waals surface area (Å²) >= 11 is 6.04. The van der Waals surface area contributed by atoms with Crippen molar-refractivity contribution in [3.8, 4) is 0 Å². The van der Waals surface area contributed by atoms with Gasteiger partial charge in [0.15, 0.2) is 0 Å².